The number of carbonyl (C=O) groups is 1. The number of amides is 1. The number of likely N-dealkylation sites (N-methyl/N-ethyl adjacent to an activating group) is 1. The van der Waals surface area contributed by atoms with E-state index < -0.39 is 0 Å². The van der Waals surface area contributed by atoms with Crippen molar-refractivity contribution in [1.29, 1.82) is 0 Å². The Hall–Kier alpha value is -1.43. The number of hydrogen-bond donors (Lipinski definition) is 2. The van der Waals surface area contributed by atoms with Crippen LogP contribution in [0, 0.1) is 13.8 Å². The topological polar surface area (TPSA) is 47.6 Å². The fraction of sp³-hybridized carbons (Fsp3) is 0.588. The molecule has 0 aliphatic carbocycles. The average molecular weight is 302 g/mol. The van der Waals surface area contributed by atoms with E-state index in [1.165, 1.54) is 16.7 Å². The number of nitrogens with one attached hydrogen (secondary N) is 2. The fourth-order valence-corrected chi connectivity index (χ4v) is 3.30. The quantitative estimate of drug-likeness (QED) is 0.855. The normalized spacial score (nSPS) is 26.4. The third kappa shape index (κ3) is 3.16. The average Bonchev–Trinajstić information content (AvgIpc) is 2.99. The zero-order chi connectivity index (χ0) is 15.7. The summed E-state index contributed by atoms with van der Waals surface area (Å²) in [6.45, 7) is 7.84. The van der Waals surface area contributed by atoms with Crippen molar-refractivity contribution in [3.05, 3.63) is 34.9 Å². The molecule has 3 rings (SSSR count). The van der Waals surface area contributed by atoms with Crippen LogP contribution in [0.2, 0.25) is 0 Å². The Labute approximate surface area is 132 Å². The van der Waals surface area contributed by atoms with Gasteiger partial charge < -0.3 is 9.80 Å². The van der Waals surface area contributed by atoms with Crippen LogP contribution in [0.25, 0.3) is 0 Å². The van der Waals surface area contributed by atoms with Crippen molar-refractivity contribution in [3.63, 3.8) is 0 Å². The number of nitrogens with zero attached hydrogens (tertiary/aromatic N) is 2. The molecular formula is C17H26N4O. The summed E-state index contributed by atoms with van der Waals surface area (Å²) in [5.41, 5.74) is 10.3. The van der Waals surface area contributed by atoms with Crippen LogP contribution >= 0.6 is 0 Å². The Morgan fingerprint density at radius 1 is 1.14 bits per heavy atom. The highest BCUT2D eigenvalue weighted by atomic mass is 16.2. The van der Waals surface area contributed by atoms with E-state index in [2.05, 4.69) is 54.8 Å². The highest BCUT2D eigenvalue weighted by molar-refractivity contribution is 5.82. The molecule has 2 unspecified atom stereocenters. The van der Waals surface area contributed by atoms with Crippen LogP contribution in [0.3, 0.4) is 0 Å². The van der Waals surface area contributed by atoms with Crippen molar-refractivity contribution in [3.8, 4) is 0 Å². The Morgan fingerprint density at radius 2 is 1.86 bits per heavy atom. The molecule has 2 N–H and O–H groups in total. The predicted molar refractivity (Wildman–Crippen MR) is 87.4 cm³/mol. The number of hydrogen-bond acceptors (Lipinski definition) is 4. The Kier molecular flexibility index (Phi) is 4.47. The lowest BCUT2D eigenvalue weighted by atomic mass is 9.95. The third-order valence-electron chi connectivity index (χ3n) is 4.83. The van der Waals surface area contributed by atoms with Gasteiger partial charge in [0.2, 0.25) is 5.91 Å². The molecule has 1 amide bonds. The van der Waals surface area contributed by atoms with E-state index in [0.717, 1.165) is 32.6 Å². The van der Waals surface area contributed by atoms with Gasteiger partial charge in [-0.1, -0.05) is 23.8 Å². The number of carbonyl (C=O) groups excluding carboxylic acids is 1. The van der Waals surface area contributed by atoms with Crippen molar-refractivity contribution in [2.75, 3.05) is 33.2 Å². The first kappa shape index (κ1) is 15.5. The molecule has 5 nitrogen and oxygen atoms in total. The molecule has 2 heterocycles. The molecule has 0 aromatic heterocycles. The molecule has 5 heteroatoms. The van der Waals surface area contributed by atoms with Crippen LogP contribution in [-0.2, 0) is 4.79 Å². The lowest BCUT2D eigenvalue weighted by Crippen LogP contribution is -2.52. The van der Waals surface area contributed by atoms with Gasteiger partial charge in [-0.15, -0.1) is 0 Å². The van der Waals surface area contributed by atoms with Gasteiger partial charge in [0.15, 0.2) is 0 Å². The third-order valence-corrected chi connectivity index (χ3v) is 4.83. The minimum Gasteiger partial charge on any atom is -0.339 e. The Balaban J connectivity index is 1.64. The van der Waals surface area contributed by atoms with Gasteiger partial charge in [0.05, 0.1) is 0 Å². The lowest BCUT2D eigenvalue weighted by Gasteiger charge is -2.33. The molecule has 0 bridgehead atoms. The summed E-state index contributed by atoms with van der Waals surface area (Å²) in [5.74, 6) is 0.230. The van der Waals surface area contributed by atoms with Crippen molar-refractivity contribution in [2.45, 2.75) is 32.4 Å². The van der Waals surface area contributed by atoms with E-state index in [4.69, 9.17) is 0 Å². The van der Waals surface area contributed by atoms with Crippen molar-refractivity contribution in [1.82, 2.24) is 20.7 Å². The molecule has 1 aromatic carbocycles. The Morgan fingerprint density at radius 3 is 2.59 bits per heavy atom. The van der Waals surface area contributed by atoms with Gasteiger partial charge in [0, 0.05) is 32.2 Å². The summed E-state index contributed by atoms with van der Waals surface area (Å²) >= 11 is 0. The number of rotatable bonds is 2. The lowest BCUT2D eigenvalue weighted by molar-refractivity contribution is -0.134. The van der Waals surface area contributed by atoms with Crippen molar-refractivity contribution < 1.29 is 4.79 Å². The first-order valence-electron chi connectivity index (χ1n) is 8.10. The molecule has 2 aliphatic rings. The second kappa shape index (κ2) is 6.36. The van der Waals surface area contributed by atoms with Crippen LogP contribution in [0.5, 0.6) is 0 Å². The molecule has 2 aliphatic heterocycles. The van der Waals surface area contributed by atoms with Crippen LogP contribution in [0.1, 0.15) is 29.2 Å². The zero-order valence-electron chi connectivity index (χ0n) is 13.7. The minimum absolute atomic E-state index is 0.117. The van der Waals surface area contributed by atoms with E-state index in [1.807, 2.05) is 4.90 Å². The molecule has 0 radical (unpaired) electrons. The highest BCUT2D eigenvalue weighted by Crippen LogP contribution is 2.26. The smallest absolute Gasteiger partial charge is 0.241 e. The predicted octanol–water partition coefficient (Wildman–Crippen LogP) is 0.985. The van der Waals surface area contributed by atoms with E-state index >= 15 is 0 Å². The summed E-state index contributed by atoms with van der Waals surface area (Å²) in [6, 6.07) is 6.60. The van der Waals surface area contributed by atoms with Crippen molar-refractivity contribution in [2.24, 2.45) is 0 Å². The number of benzene rings is 1. The second-order valence-corrected chi connectivity index (χ2v) is 6.62. The molecule has 22 heavy (non-hydrogen) atoms. The van der Waals surface area contributed by atoms with Crippen LogP contribution in [0.4, 0.5) is 0 Å². The summed E-state index contributed by atoms with van der Waals surface area (Å²) in [6.07, 6.45) is 0.815. The van der Waals surface area contributed by atoms with Gasteiger partial charge in [-0.3, -0.25) is 4.79 Å². The van der Waals surface area contributed by atoms with E-state index in [9.17, 15) is 4.79 Å². The Bertz CT molecular complexity index is 552. The van der Waals surface area contributed by atoms with Gasteiger partial charge in [0.1, 0.15) is 6.04 Å². The maximum atomic E-state index is 12.6. The molecule has 2 fully saturated rings. The number of aryl methyl sites for hydroxylation is 2. The largest absolute Gasteiger partial charge is 0.339 e. The molecule has 120 valence electrons. The summed E-state index contributed by atoms with van der Waals surface area (Å²) in [5, 5.41) is 0. The standard InChI is InChI=1S/C17H26N4O/c1-12-4-5-13(2)14(10-12)15-11-16(19-18-15)17(22)21-8-6-20(3)7-9-21/h4-5,10,15-16,18-19H,6-9,11H2,1-3H3. The first-order chi connectivity index (χ1) is 10.5. The number of hydrazine groups is 1. The maximum Gasteiger partial charge on any atom is 0.241 e. The van der Waals surface area contributed by atoms with Gasteiger partial charge in [-0.25, -0.2) is 10.9 Å². The van der Waals surface area contributed by atoms with E-state index in [1.54, 1.807) is 0 Å². The van der Waals surface area contributed by atoms with E-state index in [-0.39, 0.29) is 18.0 Å². The van der Waals surface area contributed by atoms with E-state index in [0.29, 0.717) is 0 Å². The van der Waals surface area contributed by atoms with Gasteiger partial charge in [-0.2, -0.15) is 0 Å². The fourth-order valence-electron chi connectivity index (χ4n) is 3.30. The summed E-state index contributed by atoms with van der Waals surface area (Å²) < 4.78 is 0. The van der Waals surface area contributed by atoms with Crippen LogP contribution in [0.15, 0.2) is 18.2 Å². The SMILES string of the molecule is Cc1ccc(C)c(C2CC(C(=O)N3CCN(C)CC3)NN2)c1. The van der Waals surface area contributed by atoms with Gasteiger partial charge >= 0.3 is 0 Å². The van der Waals surface area contributed by atoms with Gasteiger partial charge in [0.25, 0.3) is 0 Å². The number of piperazine rings is 1. The van der Waals surface area contributed by atoms with Crippen LogP contribution in [-0.4, -0.2) is 55.0 Å². The molecule has 2 atom stereocenters. The van der Waals surface area contributed by atoms with Crippen molar-refractivity contribution >= 4 is 5.91 Å². The summed E-state index contributed by atoms with van der Waals surface area (Å²) in [7, 11) is 2.10. The summed E-state index contributed by atoms with van der Waals surface area (Å²) in [4.78, 5) is 16.9. The molecule has 2 saturated heterocycles. The molecule has 0 saturated carbocycles. The molecule has 0 spiro atoms. The first-order valence-corrected chi connectivity index (χ1v) is 8.10. The monoisotopic (exact) mass is 302 g/mol. The minimum atomic E-state index is -0.117. The molecule has 1 aromatic rings. The highest BCUT2D eigenvalue weighted by Gasteiger charge is 2.34. The molecular weight excluding hydrogens is 276 g/mol. The maximum absolute atomic E-state index is 12.6. The second-order valence-electron chi connectivity index (χ2n) is 6.62. The van der Waals surface area contributed by atoms with Gasteiger partial charge in [-0.05, 0) is 38.4 Å². The zero-order valence-corrected chi connectivity index (χ0v) is 13.7. The van der Waals surface area contributed by atoms with Crippen LogP contribution < -0.4 is 10.9 Å².